The molecule has 0 heterocycles. The number of para-hydroxylation sites is 1. The minimum atomic E-state index is -3.97. The van der Waals surface area contributed by atoms with E-state index in [1.807, 2.05) is 0 Å². The molecule has 0 unspecified atom stereocenters. The molecule has 0 aliphatic heterocycles. The molecule has 3 aromatic carbocycles. The van der Waals surface area contributed by atoms with Gasteiger partial charge in [-0.25, -0.2) is 8.42 Å². The van der Waals surface area contributed by atoms with Crippen LogP contribution < -0.4 is 4.72 Å². The average molecular weight is 411 g/mol. The maximum Gasteiger partial charge on any atom is 0.261 e. The highest BCUT2D eigenvalue weighted by molar-refractivity contribution is 7.92. The molecule has 0 saturated carbocycles. The van der Waals surface area contributed by atoms with Crippen molar-refractivity contribution in [3.63, 3.8) is 0 Å². The molecular formula is C21H17NO6S. The minimum absolute atomic E-state index is 0.0675. The predicted molar refractivity (Wildman–Crippen MR) is 108 cm³/mol. The van der Waals surface area contributed by atoms with Gasteiger partial charge in [-0.3, -0.25) is 9.52 Å². The van der Waals surface area contributed by atoms with E-state index in [2.05, 4.69) is 4.72 Å². The van der Waals surface area contributed by atoms with Gasteiger partial charge in [-0.15, -0.1) is 0 Å². The van der Waals surface area contributed by atoms with E-state index in [9.17, 15) is 28.5 Å². The smallest absolute Gasteiger partial charge is 0.261 e. The number of aromatic hydroxyl groups is 3. The molecule has 4 N–H and O–H groups in total. The molecule has 0 saturated heterocycles. The Morgan fingerprint density at radius 1 is 0.862 bits per heavy atom. The summed E-state index contributed by atoms with van der Waals surface area (Å²) in [6, 6.07) is 15.0. The summed E-state index contributed by atoms with van der Waals surface area (Å²) in [4.78, 5) is 12.5. The fourth-order valence-electron chi connectivity index (χ4n) is 2.54. The summed E-state index contributed by atoms with van der Waals surface area (Å²) in [5, 5.41) is 28.4. The first-order valence-corrected chi connectivity index (χ1v) is 9.90. The van der Waals surface area contributed by atoms with E-state index in [0.29, 0.717) is 5.56 Å². The Balaban J connectivity index is 1.87. The van der Waals surface area contributed by atoms with Gasteiger partial charge in [0.1, 0.15) is 17.2 Å². The van der Waals surface area contributed by atoms with E-state index in [0.717, 1.165) is 6.07 Å². The van der Waals surface area contributed by atoms with Crippen molar-refractivity contribution >= 4 is 27.6 Å². The maximum absolute atomic E-state index is 12.6. The molecule has 0 aliphatic carbocycles. The molecule has 0 spiro atoms. The number of ketones is 1. The van der Waals surface area contributed by atoms with Gasteiger partial charge in [0.05, 0.1) is 10.6 Å². The number of anilines is 1. The van der Waals surface area contributed by atoms with Crippen LogP contribution in [0.15, 0.2) is 77.7 Å². The van der Waals surface area contributed by atoms with Gasteiger partial charge in [0.2, 0.25) is 0 Å². The van der Waals surface area contributed by atoms with Gasteiger partial charge in [-0.05, 0) is 60.7 Å². The van der Waals surface area contributed by atoms with Crippen LogP contribution in [-0.4, -0.2) is 29.5 Å². The SMILES string of the molecule is O=C(/C=C/c1ccc(O)cc1O)c1ccccc1NS(=O)(=O)c1ccc(O)cc1. The average Bonchev–Trinajstić information content (AvgIpc) is 2.67. The summed E-state index contributed by atoms with van der Waals surface area (Å²) >= 11 is 0. The highest BCUT2D eigenvalue weighted by Crippen LogP contribution is 2.25. The van der Waals surface area contributed by atoms with Gasteiger partial charge in [-0.1, -0.05) is 12.1 Å². The first kappa shape index (κ1) is 20.0. The molecule has 0 radical (unpaired) electrons. The summed E-state index contributed by atoms with van der Waals surface area (Å²) in [6.45, 7) is 0. The van der Waals surface area contributed by atoms with E-state index >= 15 is 0 Å². The summed E-state index contributed by atoms with van der Waals surface area (Å²) < 4.78 is 27.5. The topological polar surface area (TPSA) is 124 Å². The Labute approximate surface area is 167 Å². The lowest BCUT2D eigenvalue weighted by Gasteiger charge is -2.11. The van der Waals surface area contributed by atoms with Crippen molar-refractivity contribution in [2.45, 2.75) is 4.90 Å². The van der Waals surface area contributed by atoms with E-state index < -0.39 is 15.8 Å². The van der Waals surface area contributed by atoms with Gasteiger partial charge >= 0.3 is 0 Å². The Morgan fingerprint density at radius 2 is 1.52 bits per heavy atom. The third-order valence-electron chi connectivity index (χ3n) is 4.01. The van der Waals surface area contributed by atoms with E-state index in [-0.39, 0.29) is 33.4 Å². The van der Waals surface area contributed by atoms with E-state index in [1.54, 1.807) is 12.1 Å². The van der Waals surface area contributed by atoms with Gasteiger partial charge in [0.25, 0.3) is 10.0 Å². The normalized spacial score (nSPS) is 11.4. The van der Waals surface area contributed by atoms with Crippen LogP contribution in [0.25, 0.3) is 6.08 Å². The molecule has 3 rings (SSSR count). The van der Waals surface area contributed by atoms with Crippen molar-refractivity contribution in [3.8, 4) is 17.2 Å². The zero-order valence-electron chi connectivity index (χ0n) is 15.0. The molecule has 29 heavy (non-hydrogen) atoms. The molecule has 3 aromatic rings. The van der Waals surface area contributed by atoms with Gasteiger partial charge in [0, 0.05) is 17.2 Å². The van der Waals surface area contributed by atoms with Crippen LogP contribution in [-0.2, 0) is 10.0 Å². The predicted octanol–water partition coefficient (Wildman–Crippen LogP) is 3.50. The highest BCUT2D eigenvalue weighted by Gasteiger charge is 2.17. The van der Waals surface area contributed by atoms with Crippen LogP contribution in [0.4, 0.5) is 5.69 Å². The van der Waals surface area contributed by atoms with Crippen LogP contribution >= 0.6 is 0 Å². The number of allylic oxidation sites excluding steroid dienone is 1. The maximum atomic E-state index is 12.6. The third kappa shape index (κ3) is 4.74. The van der Waals surface area contributed by atoms with Crippen molar-refractivity contribution < 1.29 is 28.5 Å². The number of sulfonamides is 1. The van der Waals surface area contributed by atoms with Gasteiger partial charge < -0.3 is 15.3 Å². The third-order valence-corrected chi connectivity index (χ3v) is 5.39. The van der Waals surface area contributed by atoms with Gasteiger partial charge in [0.15, 0.2) is 5.78 Å². The van der Waals surface area contributed by atoms with Crippen LogP contribution in [0.2, 0.25) is 0 Å². The lowest BCUT2D eigenvalue weighted by atomic mass is 10.1. The number of phenols is 3. The first-order chi connectivity index (χ1) is 13.8. The van der Waals surface area contributed by atoms with E-state index in [4.69, 9.17) is 0 Å². The first-order valence-electron chi connectivity index (χ1n) is 8.41. The van der Waals surface area contributed by atoms with Gasteiger partial charge in [-0.2, -0.15) is 0 Å². The number of phenolic OH excluding ortho intramolecular Hbond substituents is 3. The fourth-order valence-corrected chi connectivity index (χ4v) is 3.62. The second-order valence-electron chi connectivity index (χ2n) is 6.09. The van der Waals surface area contributed by atoms with E-state index in [1.165, 1.54) is 60.7 Å². The highest BCUT2D eigenvalue weighted by atomic mass is 32.2. The number of carbonyl (C=O) groups is 1. The van der Waals surface area contributed by atoms with Crippen molar-refractivity contribution in [3.05, 3.63) is 83.9 Å². The summed E-state index contributed by atoms with van der Waals surface area (Å²) in [6.07, 6.45) is 2.56. The Morgan fingerprint density at radius 3 is 2.21 bits per heavy atom. The standard InChI is InChI=1S/C21H17NO6S/c23-15-8-10-17(11-9-15)29(27,28)22-19-4-2-1-3-18(19)20(25)12-6-14-5-7-16(24)13-21(14)26/h1-13,22-24,26H/b12-6+. The number of benzene rings is 3. The molecule has 7 nitrogen and oxygen atoms in total. The second kappa shape index (κ2) is 8.07. The zero-order valence-corrected chi connectivity index (χ0v) is 15.8. The summed E-state index contributed by atoms with van der Waals surface area (Å²) in [5.74, 6) is -0.862. The summed E-state index contributed by atoms with van der Waals surface area (Å²) in [5.41, 5.74) is 0.521. The number of nitrogens with one attached hydrogen (secondary N) is 1. The van der Waals surface area contributed by atoms with Crippen molar-refractivity contribution in [2.24, 2.45) is 0 Å². The molecule has 0 bridgehead atoms. The number of hydrogen-bond donors (Lipinski definition) is 4. The summed E-state index contributed by atoms with van der Waals surface area (Å²) in [7, 11) is -3.97. The van der Waals surface area contributed by atoms with Crippen LogP contribution in [0, 0.1) is 0 Å². The molecule has 0 aromatic heterocycles. The molecule has 0 amide bonds. The second-order valence-corrected chi connectivity index (χ2v) is 7.77. The Hall–Kier alpha value is -3.78. The fraction of sp³-hybridized carbons (Fsp3) is 0. The number of carbonyl (C=O) groups excluding carboxylic acids is 1. The Kier molecular flexibility index (Phi) is 5.56. The van der Waals surface area contributed by atoms with Crippen molar-refractivity contribution in [1.29, 1.82) is 0 Å². The number of hydrogen-bond acceptors (Lipinski definition) is 6. The van der Waals surface area contributed by atoms with Crippen LogP contribution in [0.5, 0.6) is 17.2 Å². The molecule has 0 atom stereocenters. The zero-order chi connectivity index (χ0) is 21.0. The molecular weight excluding hydrogens is 394 g/mol. The lowest BCUT2D eigenvalue weighted by molar-refractivity contribution is 0.104. The quantitative estimate of drug-likeness (QED) is 0.364. The molecule has 0 aliphatic rings. The molecule has 8 heteroatoms. The van der Waals surface area contributed by atoms with Crippen LogP contribution in [0.3, 0.4) is 0 Å². The van der Waals surface area contributed by atoms with Crippen LogP contribution in [0.1, 0.15) is 15.9 Å². The monoisotopic (exact) mass is 411 g/mol. The molecule has 0 fully saturated rings. The number of rotatable bonds is 6. The Bertz CT molecular complexity index is 1180. The lowest BCUT2D eigenvalue weighted by Crippen LogP contribution is -2.15. The minimum Gasteiger partial charge on any atom is -0.508 e. The largest absolute Gasteiger partial charge is 0.508 e. The van der Waals surface area contributed by atoms with Crippen molar-refractivity contribution in [1.82, 2.24) is 0 Å². The molecule has 148 valence electrons. The van der Waals surface area contributed by atoms with Crippen molar-refractivity contribution in [2.75, 3.05) is 4.72 Å².